The molecule has 104 valence electrons. The lowest BCUT2D eigenvalue weighted by atomic mass is 9.80. The summed E-state index contributed by atoms with van der Waals surface area (Å²) in [5, 5.41) is 0. The highest BCUT2D eigenvalue weighted by molar-refractivity contribution is 4.89. The first kappa shape index (κ1) is 12.9. The van der Waals surface area contributed by atoms with E-state index in [9.17, 15) is 0 Å². The summed E-state index contributed by atoms with van der Waals surface area (Å²) in [6, 6.07) is 0. The molecule has 5 atom stereocenters. The van der Waals surface area contributed by atoms with Crippen molar-refractivity contribution in [3.63, 3.8) is 0 Å². The first-order chi connectivity index (χ1) is 8.86. The fraction of sp³-hybridized carbons (Fsp3) is 1.00. The summed E-state index contributed by atoms with van der Waals surface area (Å²) in [5.41, 5.74) is 5.88. The largest absolute Gasteiger partial charge is 0.381 e. The van der Waals surface area contributed by atoms with Crippen LogP contribution in [0, 0.1) is 29.6 Å². The first-order valence-electron chi connectivity index (χ1n) is 8.14. The maximum absolute atomic E-state index is 6.09. The Hall–Kier alpha value is -0.0800. The van der Waals surface area contributed by atoms with Gasteiger partial charge in [-0.15, -0.1) is 0 Å². The van der Waals surface area contributed by atoms with E-state index in [2.05, 4.69) is 0 Å². The minimum Gasteiger partial charge on any atom is -0.381 e. The lowest BCUT2D eigenvalue weighted by Gasteiger charge is -2.31. The summed E-state index contributed by atoms with van der Waals surface area (Å²) in [6.07, 6.45) is 11.4. The van der Waals surface area contributed by atoms with Gasteiger partial charge < -0.3 is 10.5 Å². The lowest BCUT2D eigenvalue weighted by Crippen LogP contribution is -2.30. The van der Waals surface area contributed by atoms with Crippen LogP contribution in [-0.4, -0.2) is 19.8 Å². The van der Waals surface area contributed by atoms with Crippen LogP contribution < -0.4 is 5.73 Å². The summed E-state index contributed by atoms with van der Waals surface area (Å²) in [4.78, 5) is 0. The second-order valence-corrected chi connectivity index (χ2v) is 7.01. The standard InChI is InChI=1S/C16H29NO/c17-9-14-3-1-2-4-15(14)10-18-11-16-8-12-5-6-13(16)7-12/h12-16H,1-11,17H2. The maximum atomic E-state index is 6.09. The van der Waals surface area contributed by atoms with Crippen molar-refractivity contribution in [3.05, 3.63) is 0 Å². The van der Waals surface area contributed by atoms with E-state index >= 15 is 0 Å². The van der Waals surface area contributed by atoms with Crippen LogP contribution in [-0.2, 0) is 4.74 Å². The molecule has 18 heavy (non-hydrogen) atoms. The SMILES string of the molecule is NCC1CCCCC1COCC1CC2CCC1C2. The van der Waals surface area contributed by atoms with Gasteiger partial charge in [-0.2, -0.15) is 0 Å². The molecule has 0 aromatic rings. The fourth-order valence-corrected chi connectivity index (χ4v) is 4.77. The Morgan fingerprint density at radius 1 is 0.833 bits per heavy atom. The Balaban J connectivity index is 1.38. The van der Waals surface area contributed by atoms with Gasteiger partial charge in [-0.25, -0.2) is 0 Å². The zero-order valence-corrected chi connectivity index (χ0v) is 11.7. The van der Waals surface area contributed by atoms with Gasteiger partial charge in [0, 0.05) is 13.2 Å². The van der Waals surface area contributed by atoms with E-state index in [-0.39, 0.29) is 0 Å². The fourth-order valence-electron chi connectivity index (χ4n) is 4.77. The van der Waals surface area contributed by atoms with E-state index < -0.39 is 0 Å². The summed E-state index contributed by atoms with van der Waals surface area (Å²) < 4.78 is 6.09. The van der Waals surface area contributed by atoms with Gasteiger partial charge >= 0.3 is 0 Å². The van der Waals surface area contributed by atoms with Crippen LogP contribution in [0.2, 0.25) is 0 Å². The molecule has 3 aliphatic carbocycles. The van der Waals surface area contributed by atoms with Crippen LogP contribution >= 0.6 is 0 Å². The van der Waals surface area contributed by atoms with E-state index in [4.69, 9.17) is 10.5 Å². The van der Waals surface area contributed by atoms with Crippen molar-refractivity contribution in [2.75, 3.05) is 19.8 Å². The van der Waals surface area contributed by atoms with Crippen LogP contribution in [0.25, 0.3) is 0 Å². The van der Waals surface area contributed by atoms with E-state index in [1.54, 1.807) is 0 Å². The highest BCUT2D eigenvalue weighted by Gasteiger charge is 2.39. The quantitative estimate of drug-likeness (QED) is 0.814. The average Bonchev–Trinajstić information content (AvgIpc) is 3.02. The third-order valence-electron chi connectivity index (χ3n) is 5.92. The van der Waals surface area contributed by atoms with Gasteiger partial charge in [0.15, 0.2) is 0 Å². The van der Waals surface area contributed by atoms with Crippen LogP contribution in [0.3, 0.4) is 0 Å². The molecule has 3 saturated carbocycles. The van der Waals surface area contributed by atoms with Crippen molar-refractivity contribution in [2.45, 2.75) is 51.4 Å². The number of rotatable bonds is 5. The normalized spacial score (nSPS) is 43.5. The lowest BCUT2D eigenvalue weighted by molar-refractivity contribution is 0.0296. The number of hydrogen-bond donors (Lipinski definition) is 1. The van der Waals surface area contributed by atoms with Crippen molar-refractivity contribution in [1.29, 1.82) is 0 Å². The molecule has 2 bridgehead atoms. The van der Waals surface area contributed by atoms with E-state index in [0.717, 1.165) is 49.3 Å². The van der Waals surface area contributed by atoms with Crippen molar-refractivity contribution < 1.29 is 4.74 Å². The Morgan fingerprint density at radius 3 is 2.28 bits per heavy atom. The Labute approximate surface area is 112 Å². The predicted octanol–water partition coefficient (Wildman–Crippen LogP) is 3.20. The smallest absolute Gasteiger partial charge is 0.0497 e. The average molecular weight is 251 g/mol. The summed E-state index contributed by atoms with van der Waals surface area (Å²) in [6.45, 7) is 2.88. The molecule has 0 heterocycles. The third kappa shape index (κ3) is 2.75. The van der Waals surface area contributed by atoms with Crippen molar-refractivity contribution >= 4 is 0 Å². The highest BCUT2D eigenvalue weighted by atomic mass is 16.5. The molecular weight excluding hydrogens is 222 g/mol. The molecule has 3 fully saturated rings. The molecule has 0 aromatic carbocycles. The van der Waals surface area contributed by atoms with Crippen molar-refractivity contribution in [2.24, 2.45) is 35.3 Å². The van der Waals surface area contributed by atoms with Gasteiger partial charge in [0.05, 0.1) is 0 Å². The first-order valence-corrected chi connectivity index (χ1v) is 8.14. The molecule has 2 heteroatoms. The Morgan fingerprint density at radius 2 is 1.61 bits per heavy atom. The molecule has 3 aliphatic rings. The van der Waals surface area contributed by atoms with Gasteiger partial charge in [-0.05, 0) is 68.2 Å². The molecular formula is C16H29NO. The second kappa shape index (κ2) is 5.92. The zero-order chi connectivity index (χ0) is 12.4. The molecule has 2 nitrogen and oxygen atoms in total. The second-order valence-electron chi connectivity index (χ2n) is 7.01. The molecule has 0 aromatic heterocycles. The summed E-state index contributed by atoms with van der Waals surface area (Å²) >= 11 is 0. The number of ether oxygens (including phenoxy) is 1. The predicted molar refractivity (Wildman–Crippen MR) is 74.3 cm³/mol. The van der Waals surface area contributed by atoms with Crippen LogP contribution in [0.4, 0.5) is 0 Å². The van der Waals surface area contributed by atoms with Crippen LogP contribution in [0.15, 0.2) is 0 Å². The van der Waals surface area contributed by atoms with E-state index in [1.807, 2.05) is 0 Å². The molecule has 3 rings (SSSR count). The highest BCUT2D eigenvalue weighted by Crippen LogP contribution is 2.48. The number of hydrogen-bond acceptors (Lipinski definition) is 2. The van der Waals surface area contributed by atoms with Gasteiger partial charge in [-0.3, -0.25) is 0 Å². The molecule has 0 aliphatic heterocycles. The van der Waals surface area contributed by atoms with Gasteiger partial charge in [0.25, 0.3) is 0 Å². The van der Waals surface area contributed by atoms with Crippen molar-refractivity contribution in [3.8, 4) is 0 Å². The maximum Gasteiger partial charge on any atom is 0.0497 e. The van der Waals surface area contributed by atoms with Gasteiger partial charge in [0.1, 0.15) is 0 Å². The Bertz CT molecular complexity index is 268. The summed E-state index contributed by atoms with van der Waals surface area (Å²) in [7, 11) is 0. The monoisotopic (exact) mass is 251 g/mol. The topological polar surface area (TPSA) is 35.2 Å². The Kier molecular flexibility index (Phi) is 4.25. The van der Waals surface area contributed by atoms with Crippen LogP contribution in [0.1, 0.15) is 51.4 Å². The van der Waals surface area contributed by atoms with Crippen molar-refractivity contribution in [1.82, 2.24) is 0 Å². The molecule has 0 saturated heterocycles. The van der Waals surface area contributed by atoms with E-state index in [0.29, 0.717) is 0 Å². The summed E-state index contributed by atoms with van der Waals surface area (Å²) in [5.74, 6) is 4.44. The third-order valence-corrected chi connectivity index (χ3v) is 5.92. The zero-order valence-electron chi connectivity index (χ0n) is 11.7. The minimum absolute atomic E-state index is 0.735. The molecule has 2 N–H and O–H groups in total. The molecule has 5 unspecified atom stereocenters. The van der Waals surface area contributed by atoms with Gasteiger partial charge in [0.2, 0.25) is 0 Å². The molecule has 0 amide bonds. The van der Waals surface area contributed by atoms with Gasteiger partial charge in [-0.1, -0.05) is 19.3 Å². The van der Waals surface area contributed by atoms with E-state index in [1.165, 1.54) is 51.4 Å². The van der Waals surface area contributed by atoms with Crippen LogP contribution in [0.5, 0.6) is 0 Å². The number of fused-ring (bicyclic) bond motifs is 2. The molecule has 0 radical (unpaired) electrons. The number of nitrogens with two attached hydrogens (primary N) is 1. The minimum atomic E-state index is 0.735. The molecule has 0 spiro atoms.